The zero-order chi connectivity index (χ0) is 18.2. The van der Waals surface area contributed by atoms with Gasteiger partial charge in [-0.3, -0.25) is 4.79 Å². The summed E-state index contributed by atoms with van der Waals surface area (Å²) in [4.78, 5) is 13.0. The molecule has 3 rings (SSSR count). The van der Waals surface area contributed by atoms with Crippen molar-refractivity contribution in [1.29, 1.82) is 0 Å². The van der Waals surface area contributed by atoms with Crippen molar-refractivity contribution in [3.63, 3.8) is 0 Å². The first kappa shape index (κ1) is 16.4. The Morgan fingerprint density at radius 3 is 2.38 bits per heavy atom. The molecular weight excluding hydrogens is 300 g/mol. The maximum atomic E-state index is 10.8. The molecule has 0 spiro atoms. The summed E-state index contributed by atoms with van der Waals surface area (Å²) in [5.74, 6) is 0.830. The second-order valence-corrected chi connectivity index (χ2v) is 5.52. The third kappa shape index (κ3) is 4.51. The highest BCUT2D eigenvalue weighted by Gasteiger charge is 2.28. The highest BCUT2D eigenvalue weighted by Crippen LogP contribution is 2.24. The highest BCUT2D eigenvalue weighted by atomic mass is 16.5. The van der Waals surface area contributed by atoms with Gasteiger partial charge in [0, 0.05) is 5.69 Å². The van der Waals surface area contributed by atoms with Crippen molar-refractivity contribution in [3.05, 3.63) is 60.2 Å². The Labute approximate surface area is 145 Å². The van der Waals surface area contributed by atoms with Gasteiger partial charge in [-0.25, -0.2) is 0 Å². The summed E-state index contributed by atoms with van der Waals surface area (Å²) in [6.45, 7) is 7.63. The van der Waals surface area contributed by atoms with Crippen molar-refractivity contribution in [2.24, 2.45) is 0 Å². The number of hydrogen-bond donors (Lipinski definition) is 1. The molecule has 1 unspecified atom stereocenters. The summed E-state index contributed by atoms with van der Waals surface area (Å²) in [6, 6.07) is 17.8. The van der Waals surface area contributed by atoms with Crippen LogP contribution >= 0.6 is 0 Å². The van der Waals surface area contributed by atoms with Gasteiger partial charge in [0.05, 0.1) is 19.1 Å². The molecule has 1 atom stereocenters. The van der Waals surface area contributed by atoms with Gasteiger partial charge in [0.1, 0.15) is 13.2 Å². The maximum Gasteiger partial charge on any atom is 0.207 e. The van der Waals surface area contributed by atoms with Gasteiger partial charge >= 0.3 is 0 Å². The van der Waals surface area contributed by atoms with Crippen LogP contribution in [0.4, 0.5) is 5.69 Å². The summed E-state index contributed by atoms with van der Waals surface area (Å²) in [7, 11) is 0. The minimum atomic E-state index is -0.770. The Morgan fingerprint density at radius 2 is 1.79 bits per heavy atom. The normalized spacial score (nSPS) is 15.3. The average molecular weight is 328 g/mol. The van der Waals surface area contributed by atoms with Gasteiger partial charge in [-0.15, -0.1) is 0 Å². The van der Waals surface area contributed by atoms with Crippen LogP contribution in [0.15, 0.2) is 54.6 Å². The topological polar surface area (TPSA) is 41.6 Å². The molecule has 1 fully saturated rings. The van der Waals surface area contributed by atoms with Crippen LogP contribution in [-0.4, -0.2) is 25.6 Å². The van der Waals surface area contributed by atoms with Gasteiger partial charge < -0.3 is 15.0 Å². The summed E-state index contributed by atoms with van der Waals surface area (Å²) in [5, 5.41) is 2.55. The zero-order valence-corrected chi connectivity index (χ0v) is 14.5. The van der Waals surface area contributed by atoms with Crippen molar-refractivity contribution >= 4 is 12.1 Å². The third-order valence-electron chi connectivity index (χ3n) is 3.93. The first-order chi connectivity index (χ1) is 12.1. The first-order valence-electron chi connectivity index (χ1n) is 8.95. The molecule has 1 amide bonds. The van der Waals surface area contributed by atoms with Crippen LogP contribution in [-0.2, 0) is 4.79 Å². The Balaban J connectivity index is 0.00000109. The number of hydrogen-bond acceptors (Lipinski definition) is 3. The molecule has 4 heteroatoms. The fraction of sp³-hybridized carbons (Fsp3) is 0.350. The SMILES string of the molecule is CC.[3H]C(=O)NC(C)c1ccc(OC2CN(c3ccccc3)C2)cc1. The van der Waals surface area contributed by atoms with Crippen LogP contribution in [0.25, 0.3) is 0 Å². The molecule has 2 aromatic rings. The molecule has 1 heterocycles. The van der Waals surface area contributed by atoms with E-state index in [9.17, 15) is 4.79 Å². The number of nitrogens with zero attached hydrogens (tertiary/aromatic N) is 1. The summed E-state index contributed by atoms with van der Waals surface area (Å²) < 4.78 is 12.9. The van der Waals surface area contributed by atoms with Crippen LogP contribution in [0, 0.1) is 0 Å². The summed E-state index contributed by atoms with van der Waals surface area (Å²) >= 11 is 0. The largest absolute Gasteiger partial charge is 0.487 e. The van der Waals surface area contributed by atoms with Crippen molar-refractivity contribution in [2.45, 2.75) is 32.9 Å². The van der Waals surface area contributed by atoms with E-state index >= 15 is 0 Å². The van der Waals surface area contributed by atoms with E-state index in [1.807, 2.05) is 63.2 Å². The molecule has 2 aromatic carbocycles. The zero-order valence-electron chi connectivity index (χ0n) is 15.5. The van der Waals surface area contributed by atoms with Gasteiger partial charge in [0.15, 0.2) is 0 Å². The third-order valence-corrected chi connectivity index (χ3v) is 3.93. The molecule has 1 saturated heterocycles. The van der Waals surface area contributed by atoms with Crippen molar-refractivity contribution in [3.8, 4) is 5.75 Å². The Kier molecular flexibility index (Phi) is 6.12. The van der Waals surface area contributed by atoms with E-state index < -0.39 is 6.39 Å². The predicted molar refractivity (Wildman–Crippen MR) is 98.5 cm³/mol. The minimum Gasteiger partial charge on any atom is -0.487 e. The predicted octanol–water partition coefficient (Wildman–Crippen LogP) is 3.79. The van der Waals surface area contributed by atoms with Crippen LogP contribution in [0.5, 0.6) is 5.75 Å². The molecule has 4 nitrogen and oxygen atoms in total. The van der Waals surface area contributed by atoms with Gasteiger partial charge in [-0.1, -0.05) is 44.2 Å². The molecule has 0 bridgehead atoms. The molecule has 0 saturated carbocycles. The number of carbonyl (C=O) groups is 1. The lowest BCUT2D eigenvalue weighted by Gasteiger charge is -2.40. The molecule has 1 N–H and O–H groups in total. The first-order valence-corrected chi connectivity index (χ1v) is 8.45. The second kappa shape index (κ2) is 8.96. The van der Waals surface area contributed by atoms with Crippen LogP contribution in [0.1, 0.15) is 33.7 Å². The molecule has 1 aliphatic heterocycles. The van der Waals surface area contributed by atoms with E-state index in [0.29, 0.717) is 0 Å². The van der Waals surface area contributed by atoms with Crippen molar-refractivity contribution in [1.82, 2.24) is 5.32 Å². The van der Waals surface area contributed by atoms with Gasteiger partial charge in [-0.2, -0.15) is 0 Å². The van der Waals surface area contributed by atoms with E-state index in [0.717, 1.165) is 24.4 Å². The van der Waals surface area contributed by atoms with Crippen LogP contribution < -0.4 is 15.0 Å². The molecular formula is C20H26N2O2. The maximum absolute atomic E-state index is 10.8. The number of amides is 1. The number of anilines is 1. The minimum absolute atomic E-state index is 0.175. The van der Waals surface area contributed by atoms with Crippen molar-refractivity contribution < 1.29 is 10.9 Å². The van der Waals surface area contributed by atoms with E-state index in [-0.39, 0.29) is 12.1 Å². The summed E-state index contributed by atoms with van der Waals surface area (Å²) in [5.41, 5.74) is 2.18. The Morgan fingerprint density at radius 1 is 1.17 bits per heavy atom. The Hall–Kier alpha value is -2.49. The van der Waals surface area contributed by atoms with E-state index in [2.05, 4.69) is 22.3 Å². The standard InChI is InChI=1S/C18H20N2O2.C2H6/c1-14(19-13-21)15-7-9-17(10-8-15)22-18-11-20(12-18)16-5-3-2-4-6-16;1-2/h2-10,13-14,18H,11-12H2,1H3,(H,19,21);1-2H3/i13T;. The van der Waals surface area contributed by atoms with E-state index in [1.54, 1.807) is 0 Å². The molecule has 0 aromatic heterocycles. The lowest BCUT2D eigenvalue weighted by Crippen LogP contribution is -2.54. The number of carbonyl (C=O) groups excluding carboxylic acids is 1. The Bertz CT molecular complexity index is 655. The molecule has 128 valence electrons. The fourth-order valence-electron chi connectivity index (χ4n) is 2.56. The average Bonchev–Trinajstić information content (AvgIpc) is 2.60. The van der Waals surface area contributed by atoms with Gasteiger partial charge in [0.25, 0.3) is 0 Å². The van der Waals surface area contributed by atoms with Gasteiger partial charge in [0.2, 0.25) is 6.39 Å². The molecule has 0 aliphatic carbocycles. The number of rotatable bonds is 5. The molecule has 1 aliphatic rings. The number of nitrogens with one attached hydrogen (secondary N) is 1. The second-order valence-electron chi connectivity index (χ2n) is 5.52. The molecule has 0 radical (unpaired) electrons. The van der Waals surface area contributed by atoms with E-state index in [4.69, 9.17) is 6.11 Å². The van der Waals surface area contributed by atoms with E-state index in [1.165, 1.54) is 5.69 Å². The number of benzene rings is 2. The lowest BCUT2D eigenvalue weighted by atomic mass is 10.1. The monoisotopic (exact) mass is 328 g/mol. The lowest BCUT2D eigenvalue weighted by molar-refractivity contribution is -0.110. The number of ether oxygens (including phenoxy) is 1. The molecule has 24 heavy (non-hydrogen) atoms. The van der Waals surface area contributed by atoms with Crippen LogP contribution in [0.2, 0.25) is 0 Å². The van der Waals surface area contributed by atoms with Crippen molar-refractivity contribution in [2.75, 3.05) is 18.0 Å². The van der Waals surface area contributed by atoms with Crippen LogP contribution in [0.3, 0.4) is 0 Å². The summed E-state index contributed by atoms with van der Waals surface area (Å²) in [6.07, 6.45) is -0.570. The van der Waals surface area contributed by atoms with Gasteiger partial charge in [-0.05, 0) is 36.8 Å². The highest BCUT2D eigenvalue weighted by molar-refractivity contribution is 5.49. The smallest absolute Gasteiger partial charge is 0.207 e. The quantitative estimate of drug-likeness (QED) is 0.849. The number of para-hydroxylation sites is 1. The fourth-order valence-corrected chi connectivity index (χ4v) is 2.56.